The van der Waals surface area contributed by atoms with Crippen LogP contribution in [0.4, 0.5) is 0 Å². The molecule has 0 aromatic rings. The number of nitrogens with two attached hydrogens (primary N) is 1. The van der Waals surface area contributed by atoms with Crippen LogP contribution in [0, 0.1) is 0 Å². The van der Waals surface area contributed by atoms with Crippen LogP contribution >= 0.6 is 0 Å². The Morgan fingerprint density at radius 3 is 3.00 bits per heavy atom. The summed E-state index contributed by atoms with van der Waals surface area (Å²) in [6, 6.07) is 0. The number of ether oxygens (including phenoxy) is 1. The minimum Gasteiger partial charge on any atom is -0.385 e. The highest BCUT2D eigenvalue weighted by Crippen LogP contribution is 2.09. The van der Waals surface area contributed by atoms with Crippen molar-refractivity contribution in [3.05, 3.63) is 17.8 Å². The Labute approximate surface area is 64.1 Å². The van der Waals surface area contributed by atoms with Gasteiger partial charge in [-0.25, -0.2) is 9.79 Å². The monoisotopic (exact) mass is 152 g/mol. The Morgan fingerprint density at radius 2 is 2.55 bits per heavy atom. The van der Waals surface area contributed by atoms with E-state index in [9.17, 15) is 4.79 Å². The Kier molecular flexibility index (Phi) is 2.21. The van der Waals surface area contributed by atoms with E-state index < -0.39 is 6.10 Å². The predicted molar refractivity (Wildman–Crippen MR) is 40.8 cm³/mol. The van der Waals surface area contributed by atoms with E-state index in [-0.39, 0.29) is 5.84 Å². The summed E-state index contributed by atoms with van der Waals surface area (Å²) in [7, 11) is 1.46. The zero-order chi connectivity index (χ0) is 8.27. The molecule has 1 aliphatic heterocycles. The van der Waals surface area contributed by atoms with Crippen molar-refractivity contribution in [2.24, 2.45) is 10.7 Å². The van der Waals surface area contributed by atoms with E-state index in [1.54, 1.807) is 5.94 Å². The first-order valence-electron chi connectivity index (χ1n) is 3.07. The highest BCUT2D eigenvalue weighted by molar-refractivity contribution is 5.92. The summed E-state index contributed by atoms with van der Waals surface area (Å²) in [5.41, 5.74) is 5.80. The molecule has 58 valence electrons. The topological polar surface area (TPSA) is 64.7 Å². The maximum atomic E-state index is 10.3. The molecule has 1 unspecified atom stereocenters. The van der Waals surface area contributed by atoms with Crippen molar-refractivity contribution in [3.8, 4) is 0 Å². The van der Waals surface area contributed by atoms with Crippen molar-refractivity contribution in [3.63, 3.8) is 0 Å². The summed E-state index contributed by atoms with van der Waals surface area (Å²) in [5.74, 6) is 2.01. The van der Waals surface area contributed by atoms with Gasteiger partial charge < -0.3 is 10.5 Å². The van der Waals surface area contributed by atoms with Crippen LogP contribution in [0.15, 0.2) is 22.8 Å². The molecular formula is C7H8N2O2. The first-order valence-corrected chi connectivity index (χ1v) is 3.07. The van der Waals surface area contributed by atoms with Crippen LogP contribution in [0.3, 0.4) is 0 Å². The zero-order valence-electron chi connectivity index (χ0n) is 6.07. The molecule has 0 aromatic heterocycles. The minimum atomic E-state index is -0.530. The summed E-state index contributed by atoms with van der Waals surface area (Å²) in [6.45, 7) is 0. The molecule has 0 spiro atoms. The Morgan fingerprint density at radius 1 is 1.82 bits per heavy atom. The number of rotatable bonds is 1. The molecule has 0 bridgehead atoms. The van der Waals surface area contributed by atoms with Gasteiger partial charge in [-0.05, 0) is 6.08 Å². The van der Waals surface area contributed by atoms with Gasteiger partial charge in [0.2, 0.25) is 0 Å². The third-order valence-corrected chi connectivity index (χ3v) is 1.38. The average molecular weight is 152 g/mol. The maximum Gasteiger partial charge on any atom is 0.149 e. The lowest BCUT2D eigenvalue weighted by Gasteiger charge is -2.15. The molecule has 1 atom stereocenters. The Hall–Kier alpha value is -1.38. The highest BCUT2D eigenvalue weighted by Gasteiger charge is 2.18. The molecule has 0 aromatic carbocycles. The summed E-state index contributed by atoms with van der Waals surface area (Å²) in [5, 5.41) is 0. The van der Waals surface area contributed by atoms with Crippen LogP contribution in [0.5, 0.6) is 0 Å². The third-order valence-electron chi connectivity index (χ3n) is 1.38. The number of hydrogen-bond donors (Lipinski definition) is 1. The van der Waals surface area contributed by atoms with E-state index in [1.165, 1.54) is 19.4 Å². The number of amidine groups is 1. The van der Waals surface area contributed by atoms with Crippen LogP contribution in [-0.2, 0) is 9.53 Å². The molecule has 0 amide bonds. The SMILES string of the molecule is COC1C(=C=O)C=CN=C1N. The summed E-state index contributed by atoms with van der Waals surface area (Å²) < 4.78 is 4.90. The lowest BCUT2D eigenvalue weighted by atomic mass is 10.1. The van der Waals surface area contributed by atoms with Gasteiger partial charge in [-0.1, -0.05) is 0 Å². The Balaban J connectivity index is 2.97. The van der Waals surface area contributed by atoms with Crippen LogP contribution in [-0.4, -0.2) is 25.0 Å². The second-order valence-corrected chi connectivity index (χ2v) is 2.04. The van der Waals surface area contributed by atoms with Crippen molar-refractivity contribution in [1.29, 1.82) is 0 Å². The first kappa shape index (κ1) is 7.72. The molecule has 11 heavy (non-hydrogen) atoms. The van der Waals surface area contributed by atoms with E-state index in [1.807, 2.05) is 0 Å². The fraction of sp³-hybridized carbons (Fsp3) is 0.286. The summed E-state index contributed by atoms with van der Waals surface area (Å²) in [6.07, 6.45) is 2.44. The largest absolute Gasteiger partial charge is 0.385 e. The number of methoxy groups -OCH3 is 1. The Bertz CT molecular complexity index is 262. The van der Waals surface area contributed by atoms with E-state index in [4.69, 9.17) is 10.5 Å². The summed E-state index contributed by atoms with van der Waals surface area (Å²) >= 11 is 0. The number of carbonyl (C=O) groups excluding carboxylic acids is 1. The van der Waals surface area contributed by atoms with Crippen LogP contribution < -0.4 is 5.73 Å². The van der Waals surface area contributed by atoms with Gasteiger partial charge in [-0.3, -0.25) is 0 Å². The third kappa shape index (κ3) is 1.37. The molecule has 0 aliphatic carbocycles. The fourth-order valence-corrected chi connectivity index (χ4v) is 0.853. The molecule has 0 saturated carbocycles. The van der Waals surface area contributed by atoms with E-state index in [0.717, 1.165) is 0 Å². The van der Waals surface area contributed by atoms with Crippen molar-refractivity contribution in [2.75, 3.05) is 7.11 Å². The van der Waals surface area contributed by atoms with E-state index in [0.29, 0.717) is 5.57 Å². The van der Waals surface area contributed by atoms with Crippen molar-refractivity contribution in [1.82, 2.24) is 0 Å². The van der Waals surface area contributed by atoms with Crippen molar-refractivity contribution >= 4 is 11.8 Å². The van der Waals surface area contributed by atoms with Gasteiger partial charge in [0, 0.05) is 13.3 Å². The number of nitrogens with zero attached hydrogens (tertiary/aromatic N) is 1. The number of hydrogen-bond acceptors (Lipinski definition) is 4. The minimum absolute atomic E-state index is 0.286. The normalized spacial score (nSPS) is 22.8. The first-order chi connectivity index (χ1) is 5.29. The second-order valence-electron chi connectivity index (χ2n) is 2.04. The smallest absolute Gasteiger partial charge is 0.149 e. The second kappa shape index (κ2) is 3.14. The van der Waals surface area contributed by atoms with Gasteiger partial charge in [0.1, 0.15) is 17.9 Å². The highest BCUT2D eigenvalue weighted by atomic mass is 16.5. The lowest BCUT2D eigenvalue weighted by molar-refractivity contribution is 0.184. The van der Waals surface area contributed by atoms with Gasteiger partial charge in [0.05, 0.1) is 5.57 Å². The molecule has 0 fully saturated rings. The molecular weight excluding hydrogens is 144 g/mol. The van der Waals surface area contributed by atoms with Gasteiger partial charge >= 0.3 is 0 Å². The molecule has 4 heteroatoms. The molecule has 4 nitrogen and oxygen atoms in total. The van der Waals surface area contributed by atoms with E-state index >= 15 is 0 Å². The molecule has 0 radical (unpaired) electrons. The van der Waals surface area contributed by atoms with Gasteiger partial charge in [0.25, 0.3) is 0 Å². The van der Waals surface area contributed by atoms with Gasteiger partial charge in [0.15, 0.2) is 0 Å². The fourth-order valence-electron chi connectivity index (χ4n) is 0.853. The van der Waals surface area contributed by atoms with Crippen LogP contribution in [0.25, 0.3) is 0 Å². The van der Waals surface area contributed by atoms with Crippen molar-refractivity contribution in [2.45, 2.75) is 6.10 Å². The average Bonchev–Trinajstić information content (AvgIpc) is 2.04. The van der Waals surface area contributed by atoms with Crippen molar-refractivity contribution < 1.29 is 9.53 Å². The van der Waals surface area contributed by atoms with Crippen LogP contribution in [0.1, 0.15) is 0 Å². The number of aliphatic imine (C=N–C) groups is 1. The molecule has 1 aliphatic rings. The lowest BCUT2D eigenvalue weighted by Crippen LogP contribution is -2.33. The maximum absolute atomic E-state index is 10.3. The molecule has 2 N–H and O–H groups in total. The van der Waals surface area contributed by atoms with Crippen LogP contribution in [0.2, 0.25) is 0 Å². The van der Waals surface area contributed by atoms with Gasteiger partial charge in [-0.15, -0.1) is 0 Å². The quantitative estimate of drug-likeness (QED) is 0.522. The summed E-state index contributed by atoms with van der Waals surface area (Å²) in [4.78, 5) is 14.0. The molecule has 0 saturated heterocycles. The predicted octanol–water partition coefficient (Wildman–Crippen LogP) is -0.356. The molecule has 1 rings (SSSR count). The standard InChI is InChI=1S/C7H8N2O2/c1-11-6-5(4-10)2-3-9-7(6)8/h2-3,6H,1H3,(H2,8,9). The van der Waals surface area contributed by atoms with E-state index in [2.05, 4.69) is 4.99 Å². The van der Waals surface area contributed by atoms with Gasteiger partial charge in [-0.2, -0.15) is 0 Å². The molecule has 1 heterocycles. The zero-order valence-corrected chi connectivity index (χ0v) is 6.07.